The molecular weight excluding hydrogens is 268 g/mol. The third-order valence-electron chi connectivity index (χ3n) is 2.47. The summed E-state index contributed by atoms with van der Waals surface area (Å²) in [5.74, 6) is -0.633. The predicted octanol–water partition coefficient (Wildman–Crippen LogP) is 0.656. The molecule has 20 heavy (non-hydrogen) atoms. The third kappa shape index (κ3) is 3.07. The van der Waals surface area contributed by atoms with Crippen LogP contribution in [0.2, 0.25) is 0 Å². The quantitative estimate of drug-likeness (QED) is 0.606. The Kier molecular flexibility index (Phi) is 3.89. The fourth-order valence-corrected chi connectivity index (χ4v) is 1.51. The van der Waals surface area contributed by atoms with Gasteiger partial charge in [-0.25, -0.2) is 0 Å². The molecule has 0 atom stereocenters. The molecule has 2 rings (SSSR count). The molecule has 0 radical (unpaired) electrons. The molecule has 1 aromatic carbocycles. The Morgan fingerprint density at radius 1 is 1.50 bits per heavy atom. The second kappa shape index (κ2) is 5.78. The second-order valence-electron chi connectivity index (χ2n) is 3.80. The molecule has 9 nitrogen and oxygen atoms in total. The lowest BCUT2D eigenvalue weighted by atomic mass is 10.1. The number of carbonyl (C=O) groups is 1. The SMILES string of the molecule is O=C(NCCc1ncno1)c1ccc([N+](=O)[O-])c(O)c1. The first-order chi connectivity index (χ1) is 9.58. The Morgan fingerprint density at radius 3 is 2.90 bits per heavy atom. The first kappa shape index (κ1) is 13.5. The van der Waals surface area contributed by atoms with Crippen LogP contribution in [0.15, 0.2) is 29.0 Å². The number of hydrogen-bond acceptors (Lipinski definition) is 7. The number of nitrogens with one attached hydrogen (secondary N) is 1. The van der Waals surface area contributed by atoms with Crippen LogP contribution in [0.25, 0.3) is 0 Å². The number of nitro groups is 1. The fraction of sp³-hybridized carbons (Fsp3) is 0.182. The average molecular weight is 278 g/mol. The molecule has 1 aromatic heterocycles. The number of aromatic nitrogens is 2. The zero-order chi connectivity index (χ0) is 14.5. The van der Waals surface area contributed by atoms with E-state index in [0.29, 0.717) is 12.3 Å². The molecule has 0 unspecified atom stereocenters. The van der Waals surface area contributed by atoms with Crippen LogP contribution in [0.5, 0.6) is 5.75 Å². The molecule has 0 spiro atoms. The molecule has 0 fully saturated rings. The maximum absolute atomic E-state index is 11.7. The van der Waals surface area contributed by atoms with E-state index in [0.717, 1.165) is 12.1 Å². The molecule has 2 aromatic rings. The van der Waals surface area contributed by atoms with E-state index in [1.54, 1.807) is 0 Å². The normalized spacial score (nSPS) is 10.2. The predicted molar refractivity (Wildman–Crippen MR) is 65.1 cm³/mol. The highest BCUT2D eigenvalue weighted by molar-refractivity contribution is 5.95. The first-order valence-electron chi connectivity index (χ1n) is 5.59. The molecule has 0 aliphatic heterocycles. The van der Waals surface area contributed by atoms with Crippen molar-refractivity contribution in [3.8, 4) is 5.75 Å². The summed E-state index contributed by atoms with van der Waals surface area (Å²) in [4.78, 5) is 25.3. The van der Waals surface area contributed by atoms with Gasteiger partial charge in [0.15, 0.2) is 12.1 Å². The van der Waals surface area contributed by atoms with Crippen LogP contribution in [0.4, 0.5) is 5.69 Å². The van der Waals surface area contributed by atoms with E-state index in [9.17, 15) is 20.0 Å². The average Bonchev–Trinajstić information content (AvgIpc) is 2.91. The van der Waals surface area contributed by atoms with Crippen LogP contribution in [-0.2, 0) is 6.42 Å². The number of benzene rings is 1. The van der Waals surface area contributed by atoms with Gasteiger partial charge in [0.25, 0.3) is 5.91 Å². The van der Waals surface area contributed by atoms with Gasteiger partial charge in [0.2, 0.25) is 5.89 Å². The Morgan fingerprint density at radius 2 is 2.30 bits per heavy atom. The highest BCUT2D eigenvalue weighted by atomic mass is 16.6. The molecule has 9 heteroatoms. The smallest absolute Gasteiger partial charge is 0.310 e. The fourth-order valence-electron chi connectivity index (χ4n) is 1.51. The van der Waals surface area contributed by atoms with Crippen molar-refractivity contribution in [1.82, 2.24) is 15.5 Å². The zero-order valence-corrected chi connectivity index (χ0v) is 10.1. The number of nitrogens with zero attached hydrogens (tertiary/aromatic N) is 3. The summed E-state index contributed by atoms with van der Waals surface area (Å²) in [5.41, 5.74) is -0.328. The van der Waals surface area contributed by atoms with Crippen molar-refractivity contribution in [2.24, 2.45) is 0 Å². The molecule has 2 N–H and O–H groups in total. The molecular formula is C11H10N4O5. The number of rotatable bonds is 5. The van der Waals surface area contributed by atoms with Crippen molar-refractivity contribution in [3.63, 3.8) is 0 Å². The number of phenolic OH excluding ortho intramolecular Hbond substituents is 1. The molecule has 104 valence electrons. The summed E-state index contributed by atoms with van der Waals surface area (Å²) < 4.78 is 4.75. The van der Waals surface area contributed by atoms with Gasteiger partial charge in [-0.05, 0) is 12.1 Å². The molecule has 0 aliphatic rings. The Balaban J connectivity index is 1.95. The van der Waals surface area contributed by atoms with Gasteiger partial charge in [0, 0.05) is 24.6 Å². The lowest BCUT2D eigenvalue weighted by Crippen LogP contribution is -2.25. The highest BCUT2D eigenvalue weighted by Crippen LogP contribution is 2.26. The summed E-state index contributed by atoms with van der Waals surface area (Å²) in [7, 11) is 0. The minimum atomic E-state index is -0.730. The van der Waals surface area contributed by atoms with E-state index < -0.39 is 22.3 Å². The van der Waals surface area contributed by atoms with Crippen LogP contribution in [0, 0.1) is 10.1 Å². The van der Waals surface area contributed by atoms with Gasteiger partial charge >= 0.3 is 5.69 Å². The number of aromatic hydroxyl groups is 1. The van der Waals surface area contributed by atoms with Crippen molar-refractivity contribution < 1.29 is 19.3 Å². The largest absolute Gasteiger partial charge is 0.502 e. The first-order valence-corrected chi connectivity index (χ1v) is 5.59. The van der Waals surface area contributed by atoms with Gasteiger partial charge in [-0.3, -0.25) is 14.9 Å². The zero-order valence-electron chi connectivity index (χ0n) is 10.1. The van der Waals surface area contributed by atoms with Crippen LogP contribution in [0.1, 0.15) is 16.2 Å². The maximum Gasteiger partial charge on any atom is 0.310 e. The van der Waals surface area contributed by atoms with E-state index in [1.165, 1.54) is 12.4 Å². The van der Waals surface area contributed by atoms with Crippen LogP contribution in [0.3, 0.4) is 0 Å². The molecule has 0 saturated heterocycles. The molecule has 1 heterocycles. The number of nitro benzene ring substituents is 1. The molecule has 1 amide bonds. The molecule has 0 bridgehead atoms. The van der Waals surface area contributed by atoms with Crippen molar-refractivity contribution in [2.75, 3.05) is 6.54 Å². The van der Waals surface area contributed by atoms with E-state index in [2.05, 4.69) is 15.5 Å². The van der Waals surface area contributed by atoms with Crippen LogP contribution in [-0.4, -0.2) is 32.6 Å². The minimum absolute atomic E-state index is 0.124. The minimum Gasteiger partial charge on any atom is -0.502 e. The van der Waals surface area contributed by atoms with Gasteiger partial charge in [-0.1, -0.05) is 5.16 Å². The summed E-state index contributed by atoms with van der Waals surface area (Å²) >= 11 is 0. The summed E-state index contributed by atoms with van der Waals surface area (Å²) in [6.07, 6.45) is 1.62. The van der Waals surface area contributed by atoms with Crippen LogP contribution < -0.4 is 5.32 Å². The van der Waals surface area contributed by atoms with Gasteiger partial charge < -0.3 is 14.9 Å². The van der Waals surface area contributed by atoms with E-state index in [1.807, 2.05) is 0 Å². The third-order valence-corrected chi connectivity index (χ3v) is 2.47. The topological polar surface area (TPSA) is 131 Å². The van der Waals surface area contributed by atoms with E-state index in [-0.39, 0.29) is 12.1 Å². The van der Waals surface area contributed by atoms with Crippen LogP contribution >= 0.6 is 0 Å². The lowest BCUT2D eigenvalue weighted by molar-refractivity contribution is -0.385. The summed E-state index contributed by atoms with van der Waals surface area (Å²) in [6, 6.07) is 3.38. The van der Waals surface area contributed by atoms with E-state index in [4.69, 9.17) is 4.52 Å². The van der Waals surface area contributed by atoms with Gasteiger partial charge in [-0.15, -0.1) is 0 Å². The van der Waals surface area contributed by atoms with Gasteiger partial charge in [0.1, 0.15) is 0 Å². The highest BCUT2D eigenvalue weighted by Gasteiger charge is 2.15. The van der Waals surface area contributed by atoms with Crippen molar-refractivity contribution in [1.29, 1.82) is 0 Å². The second-order valence-corrected chi connectivity index (χ2v) is 3.80. The molecule has 0 saturated carbocycles. The van der Waals surface area contributed by atoms with Gasteiger partial charge in [0.05, 0.1) is 4.92 Å². The summed E-state index contributed by atoms with van der Waals surface area (Å²) in [6.45, 7) is 0.263. The lowest BCUT2D eigenvalue weighted by Gasteiger charge is -2.04. The Bertz CT molecular complexity index is 626. The number of amides is 1. The van der Waals surface area contributed by atoms with Crippen molar-refractivity contribution in [3.05, 3.63) is 46.1 Å². The number of carbonyl (C=O) groups excluding carboxylic acids is 1. The van der Waals surface area contributed by atoms with Crippen molar-refractivity contribution in [2.45, 2.75) is 6.42 Å². The van der Waals surface area contributed by atoms with E-state index >= 15 is 0 Å². The number of hydrogen-bond donors (Lipinski definition) is 2. The Labute approximate surface area is 112 Å². The summed E-state index contributed by atoms with van der Waals surface area (Å²) in [5, 5.41) is 25.9. The van der Waals surface area contributed by atoms with Crippen molar-refractivity contribution >= 4 is 11.6 Å². The monoisotopic (exact) mass is 278 g/mol. The maximum atomic E-state index is 11.7. The number of phenols is 1. The standard InChI is InChI=1S/C11H10N4O5/c16-9-5-7(1-2-8(9)15(18)19)11(17)12-4-3-10-13-6-14-20-10/h1-2,5-6,16H,3-4H2,(H,12,17). The van der Waals surface area contributed by atoms with Gasteiger partial charge in [-0.2, -0.15) is 4.98 Å². The molecule has 0 aliphatic carbocycles. The Hall–Kier alpha value is -2.97.